The summed E-state index contributed by atoms with van der Waals surface area (Å²) >= 11 is 0. The van der Waals surface area contributed by atoms with Gasteiger partial charge in [0.25, 0.3) is 0 Å². The Balaban J connectivity index is 2.77. The third kappa shape index (κ3) is 7.55. The second kappa shape index (κ2) is 11.1. The second-order valence-corrected chi connectivity index (χ2v) is 6.49. The molecule has 0 aliphatic heterocycles. The van der Waals surface area contributed by atoms with Crippen molar-refractivity contribution in [2.24, 2.45) is 5.92 Å². The number of esters is 1. The van der Waals surface area contributed by atoms with E-state index in [-0.39, 0.29) is 18.4 Å². The molecule has 1 aromatic carbocycles. The Hall–Kier alpha value is -2.57. The molecule has 0 radical (unpaired) electrons. The van der Waals surface area contributed by atoms with Gasteiger partial charge in [-0.15, -0.1) is 0 Å². The fourth-order valence-electron chi connectivity index (χ4n) is 2.52. The molecule has 7 nitrogen and oxygen atoms in total. The molecule has 2 N–H and O–H groups in total. The van der Waals surface area contributed by atoms with Crippen molar-refractivity contribution in [2.45, 2.75) is 32.7 Å². The predicted molar refractivity (Wildman–Crippen MR) is 99.6 cm³/mol. The third-order valence-corrected chi connectivity index (χ3v) is 3.85. The second-order valence-electron chi connectivity index (χ2n) is 6.49. The fraction of sp³-hybridized carbons (Fsp3) is 0.526. The maximum absolute atomic E-state index is 12.6. The first kappa shape index (κ1) is 21.5. The number of amides is 3. The minimum atomic E-state index is -0.681. The third-order valence-electron chi connectivity index (χ3n) is 3.85. The largest absolute Gasteiger partial charge is 0.468 e. The van der Waals surface area contributed by atoms with Crippen LogP contribution in [0, 0.1) is 5.92 Å². The van der Waals surface area contributed by atoms with E-state index in [1.54, 1.807) is 0 Å². The summed E-state index contributed by atoms with van der Waals surface area (Å²) in [6.45, 7) is 4.13. The van der Waals surface area contributed by atoms with Crippen LogP contribution < -0.4 is 10.6 Å². The number of urea groups is 1. The van der Waals surface area contributed by atoms with Gasteiger partial charge in [0.2, 0.25) is 5.91 Å². The number of aryl methyl sites for hydroxylation is 1. The lowest BCUT2D eigenvalue weighted by Gasteiger charge is -2.26. The SMILES string of the molecule is CNC(=O)[C@H](CCc1ccccc1)NC(=O)N(CC(=O)OC)CC(C)C. The van der Waals surface area contributed by atoms with E-state index in [0.29, 0.717) is 19.4 Å². The molecule has 0 fully saturated rings. The van der Waals surface area contributed by atoms with Crippen LogP contribution in [-0.4, -0.2) is 56.1 Å². The lowest BCUT2D eigenvalue weighted by atomic mass is 10.0. The van der Waals surface area contributed by atoms with Crippen LogP contribution in [0.1, 0.15) is 25.8 Å². The number of likely N-dealkylation sites (N-methyl/N-ethyl adjacent to an activating group) is 1. The molecular formula is C19H29N3O4. The molecule has 26 heavy (non-hydrogen) atoms. The van der Waals surface area contributed by atoms with Crippen LogP contribution in [0.3, 0.4) is 0 Å². The summed E-state index contributed by atoms with van der Waals surface area (Å²) in [5, 5.41) is 5.31. The molecule has 0 aromatic heterocycles. The molecule has 0 saturated heterocycles. The molecular weight excluding hydrogens is 334 g/mol. The van der Waals surface area contributed by atoms with Crippen LogP contribution in [0.25, 0.3) is 0 Å². The quantitative estimate of drug-likeness (QED) is 0.652. The number of ether oxygens (including phenoxy) is 1. The van der Waals surface area contributed by atoms with E-state index in [4.69, 9.17) is 0 Å². The molecule has 1 aromatic rings. The van der Waals surface area contributed by atoms with Gasteiger partial charge in [-0.1, -0.05) is 44.2 Å². The van der Waals surface area contributed by atoms with Gasteiger partial charge in [0.05, 0.1) is 7.11 Å². The molecule has 0 unspecified atom stereocenters. The van der Waals surface area contributed by atoms with Crippen LogP contribution in [0.15, 0.2) is 30.3 Å². The summed E-state index contributed by atoms with van der Waals surface area (Å²) in [4.78, 5) is 37.7. The van der Waals surface area contributed by atoms with E-state index >= 15 is 0 Å². The van der Waals surface area contributed by atoms with E-state index in [1.165, 1.54) is 19.1 Å². The number of rotatable bonds is 9. The predicted octanol–water partition coefficient (Wildman–Crippen LogP) is 1.57. The smallest absolute Gasteiger partial charge is 0.325 e. The van der Waals surface area contributed by atoms with Gasteiger partial charge in [-0.25, -0.2) is 4.79 Å². The maximum atomic E-state index is 12.6. The zero-order chi connectivity index (χ0) is 19.5. The van der Waals surface area contributed by atoms with Crippen molar-refractivity contribution in [1.82, 2.24) is 15.5 Å². The van der Waals surface area contributed by atoms with E-state index in [0.717, 1.165) is 5.56 Å². The number of carbonyl (C=O) groups excluding carboxylic acids is 3. The zero-order valence-corrected chi connectivity index (χ0v) is 16.0. The number of nitrogens with one attached hydrogen (secondary N) is 2. The van der Waals surface area contributed by atoms with Gasteiger partial charge in [0.15, 0.2) is 0 Å². The summed E-state index contributed by atoms with van der Waals surface area (Å²) < 4.78 is 4.65. The molecule has 0 saturated carbocycles. The molecule has 0 heterocycles. The number of nitrogens with zero attached hydrogens (tertiary/aromatic N) is 1. The monoisotopic (exact) mass is 363 g/mol. The highest BCUT2D eigenvalue weighted by molar-refractivity contribution is 5.88. The summed E-state index contributed by atoms with van der Waals surface area (Å²) in [6.07, 6.45) is 1.11. The topological polar surface area (TPSA) is 87.7 Å². The highest BCUT2D eigenvalue weighted by atomic mass is 16.5. The highest BCUT2D eigenvalue weighted by Crippen LogP contribution is 2.07. The van der Waals surface area contributed by atoms with E-state index < -0.39 is 18.0 Å². The molecule has 0 spiro atoms. The first-order valence-corrected chi connectivity index (χ1v) is 8.75. The first-order chi connectivity index (χ1) is 12.4. The zero-order valence-electron chi connectivity index (χ0n) is 16.0. The number of hydrogen-bond acceptors (Lipinski definition) is 4. The maximum Gasteiger partial charge on any atom is 0.325 e. The standard InChI is InChI=1S/C19H29N3O4/c1-14(2)12-22(13-17(23)26-4)19(25)21-16(18(24)20-3)11-10-15-8-6-5-7-9-15/h5-9,14,16H,10-13H2,1-4H3,(H,20,24)(H,21,25)/t16-/m0/s1. The Morgan fingerprint density at radius 1 is 1.15 bits per heavy atom. The number of carbonyl (C=O) groups is 3. The number of methoxy groups -OCH3 is 1. The van der Waals surface area contributed by atoms with Crippen LogP contribution in [-0.2, 0) is 20.7 Å². The summed E-state index contributed by atoms with van der Waals surface area (Å²) in [5.74, 6) is -0.591. The van der Waals surface area contributed by atoms with Gasteiger partial charge in [0, 0.05) is 13.6 Å². The van der Waals surface area contributed by atoms with Crippen molar-refractivity contribution in [3.05, 3.63) is 35.9 Å². The van der Waals surface area contributed by atoms with Crippen molar-refractivity contribution in [2.75, 3.05) is 27.2 Å². The van der Waals surface area contributed by atoms with Crippen LogP contribution >= 0.6 is 0 Å². The molecule has 1 rings (SSSR count). The molecule has 144 valence electrons. The van der Waals surface area contributed by atoms with E-state index in [9.17, 15) is 14.4 Å². The Bertz CT molecular complexity index is 590. The van der Waals surface area contributed by atoms with Crippen LogP contribution in [0.2, 0.25) is 0 Å². The van der Waals surface area contributed by atoms with Gasteiger partial charge < -0.3 is 20.3 Å². The minimum Gasteiger partial charge on any atom is -0.468 e. The summed E-state index contributed by atoms with van der Waals surface area (Å²) in [5.41, 5.74) is 1.09. The van der Waals surface area contributed by atoms with E-state index in [2.05, 4.69) is 15.4 Å². The first-order valence-electron chi connectivity index (χ1n) is 8.75. The normalized spacial score (nSPS) is 11.6. The van der Waals surface area contributed by atoms with Gasteiger partial charge in [0.1, 0.15) is 12.6 Å². The van der Waals surface area contributed by atoms with Crippen molar-refractivity contribution in [1.29, 1.82) is 0 Å². The Morgan fingerprint density at radius 2 is 1.81 bits per heavy atom. The van der Waals surface area contributed by atoms with Crippen molar-refractivity contribution < 1.29 is 19.1 Å². The molecule has 3 amide bonds. The summed E-state index contributed by atoms with van der Waals surface area (Å²) in [7, 11) is 2.81. The van der Waals surface area contributed by atoms with Crippen molar-refractivity contribution in [3.63, 3.8) is 0 Å². The fourth-order valence-corrected chi connectivity index (χ4v) is 2.52. The van der Waals surface area contributed by atoms with Gasteiger partial charge in [-0.2, -0.15) is 0 Å². The number of hydrogen-bond donors (Lipinski definition) is 2. The van der Waals surface area contributed by atoms with E-state index in [1.807, 2.05) is 44.2 Å². The minimum absolute atomic E-state index is 0.153. The van der Waals surface area contributed by atoms with Crippen LogP contribution in [0.5, 0.6) is 0 Å². The molecule has 0 aliphatic rings. The lowest BCUT2D eigenvalue weighted by Crippen LogP contribution is -2.52. The molecule has 7 heteroatoms. The molecule has 0 aliphatic carbocycles. The highest BCUT2D eigenvalue weighted by Gasteiger charge is 2.24. The molecule has 1 atom stereocenters. The summed E-state index contributed by atoms with van der Waals surface area (Å²) in [6, 6.07) is 8.62. The Morgan fingerprint density at radius 3 is 2.35 bits per heavy atom. The average molecular weight is 363 g/mol. The Kier molecular flexibility index (Phi) is 9.19. The van der Waals surface area contributed by atoms with Crippen molar-refractivity contribution in [3.8, 4) is 0 Å². The average Bonchev–Trinajstić information content (AvgIpc) is 2.63. The lowest BCUT2D eigenvalue weighted by molar-refractivity contribution is -0.141. The molecule has 0 bridgehead atoms. The number of benzene rings is 1. The van der Waals surface area contributed by atoms with Crippen LogP contribution in [0.4, 0.5) is 4.79 Å². The van der Waals surface area contributed by atoms with Gasteiger partial charge >= 0.3 is 12.0 Å². The Labute approximate surface area is 155 Å². The van der Waals surface area contributed by atoms with Gasteiger partial charge in [-0.3, -0.25) is 9.59 Å². The van der Waals surface area contributed by atoms with Crippen molar-refractivity contribution >= 4 is 17.9 Å². The van der Waals surface area contributed by atoms with Gasteiger partial charge in [-0.05, 0) is 24.3 Å².